The van der Waals surface area contributed by atoms with Crippen molar-refractivity contribution in [3.8, 4) is 0 Å². The highest BCUT2D eigenvalue weighted by Gasteiger charge is 2.37. The summed E-state index contributed by atoms with van der Waals surface area (Å²) < 4.78 is 26.5. The van der Waals surface area contributed by atoms with Crippen molar-refractivity contribution in [2.24, 2.45) is 0 Å². The minimum atomic E-state index is -2.43. The predicted molar refractivity (Wildman–Crippen MR) is 57.2 cm³/mol. The summed E-state index contributed by atoms with van der Waals surface area (Å²) in [6.07, 6.45) is 8.08. The van der Waals surface area contributed by atoms with E-state index in [0.717, 1.165) is 19.4 Å². The number of alkyl halides is 2. The zero-order valence-corrected chi connectivity index (χ0v) is 9.35. The predicted octanol–water partition coefficient (Wildman–Crippen LogP) is 3.44. The standard InChI is InChI=1S/C12H21F2N/c13-12(14)8-5-9-15(10-12)11-6-3-1-2-4-7-11/h11H,1-10H2. The second kappa shape index (κ2) is 4.77. The maximum Gasteiger partial charge on any atom is 0.260 e. The van der Waals surface area contributed by atoms with Gasteiger partial charge < -0.3 is 0 Å². The highest BCUT2D eigenvalue weighted by atomic mass is 19.3. The number of rotatable bonds is 1. The van der Waals surface area contributed by atoms with Crippen molar-refractivity contribution in [2.75, 3.05) is 13.1 Å². The van der Waals surface area contributed by atoms with Crippen molar-refractivity contribution in [3.63, 3.8) is 0 Å². The van der Waals surface area contributed by atoms with Crippen LogP contribution in [-0.2, 0) is 0 Å². The Morgan fingerprint density at radius 3 is 2.20 bits per heavy atom. The van der Waals surface area contributed by atoms with Gasteiger partial charge >= 0.3 is 0 Å². The third kappa shape index (κ3) is 3.13. The van der Waals surface area contributed by atoms with E-state index in [2.05, 4.69) is 4.90 Å². The molecule has 0 aromatic heterocycles. The highest BCUT2D eigenvalue weighted by Crippen LogP contribution is 2.31. The molecule has 1 heterocycles. The van der Waals surface area contributed by atoms with Gasteiger partial charge in [0.15, 0.2) is 0 Å². The van der Waals surface area contributed by atoms with Gasteiger partial charge in [0.1, 0.15) is 0 Å². The zero-order valence-electron chi connectivity index (χ0n) is 9.35. The SMILES string of the molecule is FC1(F)CCCN(C2CCCCCC2)C1. The van der Waals surface area contributed by atoms with Crippen LogP contribution in [0.1, 0.15) is 51.4 Å². The third-order valence-electron chi connectivity index (χ3n) is 3.76. The smallest absolute Gasteiger partial charge is 0.260 e. The van der Waals surface area contributed by atoms with Crippen molar-refractivity contribution in [3.05, 3.63) is 0 Å². The minimum Gasteiger partial charge on any atom is -0.294 e. The lowest BCUT2D eigenvalue weighted by Gasteiger charge is -2.37. The third-order valence-corrected chi connectivity index (χ3v) is 3.76. The van der Waals surface area contributed by atoms with E-state index >= 15 is 0 Å². The molecule has 2 rings (SSSR count). The molecule has 2 fully saturated rings. The van der Waals surface area contributed by atoms with Crippen molar-refractivity contribution in [1.82, 2.24) is 4.90 Å². The molecule has 15 heavy (non-hydrogen) atoms. The van der Waals surface area contributed by atoms with Gasteiger partial charge in [-0.2, -0.15) is 0 Å². The van der Waals surface area contributed by atoms with Gasteiger partial charge in [-0.25, -0.2) is 8.78 Å². The molecule has 0 amide bonds. The van der Waals surface area contributed by atoms with Crippen molar-refractivity contribution < 1.29 is 8.78 Å². The van der Waals surface area contributed by atoms with Gasteiger partial charge in [0, 0.05) is 12.5 Å². The molecular weight excluding hydrogens is 196 g/mol. The van der Waals surface area contributed by atoms with Crippen molar-refractivity contribution in [2.45, 2.75) is 63.3 Å². The number of hydrogen-bond acceptors (Lipinski definition) is 1. The molecule has 1 aliphatic carbocycles. The van der Waals surface area contributed by atoms with Crippen LogP contribution in [0, 0.1) is 0 Å². The van der Waals surface area contributed by atoms with E-state index in [0.29, 0.717) is 12.5 Å². The van der Waals surface area contributed by atoms with Gasteiger partial charge in [0.05, 0.1) is 6.54 Å². The molecule has 0 radical (unpaired) electrons. The second-order valence-corrected chi connectivity index (χ2v) is 5.08. The Balaban J connectivity index is 1.90. The van der Waals surface area contributed by atoms with Gasteiger partial charge in [-0.1, -0.05) is 25.7 Å². The molecule has 0 aromatic carbocycles. The Hall–Kier alpha value is -0.180. The van der Waals surface area contributed by atoms with Gasteiger partial charge in [-0.15, -0.1) is 0 Å². The van der Waals surface area contributed by atoms with Gasteiger partial charge in [-0.3, -0.25) is 4.90 Å². The Kier molecular flexibility index (Phi) is 3.60. The van der Waals surface area contributed by atoms with E-state index in [4.69, 9.17) is 0 Å². The molecule has 88 valence electrons. The largest absolute Gasteiger partial charge is 0.294 e. The first kappa shape index (κ1) is 11.3. The molecule has 1 saturated carbocycles. The monoisotopic (exact) mass is 217 g/mol. The summed E-state index contributed by atoms with van der Waals surface area (Å²) in [5.74, 6) is -2.43. The lowest BCUT2D eigenvalue weighted by atomic mass is 10.0. The summed E-state index contributed by atoms with van der Waals surface area (Å²) in [7, 11) is 0. The van der Waals surface area contributed by atoms with Crippen LogP contribution in [0.3, 0.4) is 0 Å². The van der Waals surface area contributed by atoms with Crippen LogP contribution in [0.5, 0.6) is 0 Å². The summed E-state index contributed by atoms with van der Waals surface area (Å²) in [5.41, 5.74) is 0. The number of piperidine rings is 1. The fourth-order valence-electron chi connectivity index (χ4n) is 2.93. The number of halogens is 2. The van der Waals surface area contributed by atoms with Crippen LogP contribution in [0.15, 0.2) is 0 Å². The molecule has 1 saturated heterocycles. The fourth-order valence-corrected chi connectivity index (χ4v) is 2.93. The molecule has 3 heteroatoms. The van der Waals surface area contributed by atoms with Gasteiger partial charge in [0.2, 0.25) is 0 Å². The minimum absolute atomic E-state index is 0.0116. The summed E-state index contributed by atoms with van der Waals surface area (Å²) in [4.78, 5) is 2.05. The van der Waals surface area contributed by atoms with Gasteiger partial charge in [-0.05, 0) is 25.8 Å². The summed E-state index contributed by atoms with van der Waals surface area (Å²) in [5, 5.41) is 0. The first-order valence-corrected chi connectivity index (χ1v) is 6.29. The topological polar surface area (TPSA) is 3.24 Å². The molecule has 1 nitrogen and oxygen atoms in total. The molecule has 0 unspecified atom stereocenters. The van der Waals surface area contributed by atoms with Crippen LogP contribution in [0.2, 0.25) is 0 Å². The molecule has 0 aromatic rings. The first-order valence-electron chi connectivity index (χ1n) is 6.29. The Morgan fingerprint density at radius 1 is 0.933 bits per heavy atom. The maximum absolute atomic E-state index is 13.3. The lowest BCUT2D eigenvalue weighted by molar-refractivity contribution is -0.0763. The van der Waals surface area contributed by atoms with E-state index in [9.17, 15) is 8.78 Å². The summed E-state index contributed by atoms with van der Waals surface area (Å²) >= 11 is 0. The number of likely N-dealkylation sites (tertiary alicyclic amines) is 1. The molecule has 0 atom stereocenters. The molecule has 2 aliphatic rings. The molecule has 0 bridgehead atoms. The van der Waals surface area contributed by atoms with E-state index in [-0.39, 0.29) is 13.0 Å². The Labute approximate surface area is 90.8 Å². The van der Waals surface area contributed by atoms with E-state index in [1.54, 1.807) is 0 Å². The second-order valence-electron chi connectivity index (χ2n) is 5.08. The average Bonchev–Trinajstić information content (AvgIpc) is 2.44. The van der Waals surface area contributed by atoms with E-state index in [1.165, 1.54) is 25.7 Å². The lowest BCUT2D eigenvalue weighted by Crippen LogP contribution is -2.47. The van der Waals surface area contributed by atoms with E-state index < -0.39 is 5.92 Å². The Morgan fingerprint density at radius 2 is 1.60 bits per heavy atom. The van der Waals surface area contributed by atoms with Crippen LogP contribution in [-0.4, -0.2) is 30.0 Å². The fraction of sp³-hybridized carbons (Fsp3) is 1.00. The van der Waals surface area contributed by atoms with Crippen LogP contribution in [0.4, 0.5) is 8.78 Å². The average molecular weight is 217 g/mol. The molecule has 0 N–H and O–H groups in total. The molecule has 0 spiro atoms. The maximum atomic E-state index is 13.3. The normalized spacial score (nSPS) is 30.0. The zero-order chi connectivity index (χ0) is 10.7. The highest BCUT2D eigenvalue weighted by molar-refractivity contribution is 4.84. The Bertz CT molecular complexity index is 198. The summed E-state index contributed by atoms with van der Waals surface area (Å²) in [6, 6.07) is 0.443. The van der Waals surface area contributed by atoms with Crippen LogP contribution >= 0.6 is 0 Å². The van der Waals surface area contributed by atoms with Crippen molar-refractivity contribution in [1.29, 1.82) is 0 Å². The van der Waals surface area contributed by atoms with E-state index in [1.807, 2.05) is 0 Å². The van der Waals surface area contributed by atoms with Gasteiger partial charge in [0.25, 0.3) is 5.92 Å². The number of nitrogens with zero attached hydrogens (tertiary/aromatic N) is 1. The van der Waals surface area contributed by atoms with Crippen LogP contribution in [0.25, 0.3) is 0 Å². The summed E-state index contributed by atoms with van der Waals surface area (Å²) in [6.45, 7) is 0.901. The van der Waals surface area contributed by atoms with Crippen molar-refractivity contribution >= 4 is 0 Å². The van der Waals surface area contributed by atoms with Crippen LogP contribution < -0.4 is 0 Å². The molecular formula is C12H21F2N. The molecule has 1 aliphatic heterocycles. The number of hydrogen-bond donors (Lipinski definition) is 0. The first-order chi connectivity index (χ1) is 7.17. The quantitative estimate of drug-likeness (QED) is 0.608.